The molecule has 10 rings (SSSR count). The molecule has 0 amide bonds. The van der Waals surface area contributed by atoms with Gasteiger partial charge in [-0.2, -0.15) is 0 Å². The molecule has 1 heteroatoms. The third kappa shape index (κ3) is 3.57. The van der Waals surface area contributed by atoms with Gasteiger partial charge in [0.05, 0.1) is 5.41 Å². The van der Waals surface area contributed by atoms with Crippen molar-refractivity contribution < 1.29 is 0 Å². The van der Waals surface area contributed by atoms with Crippen molar-refractivity contribution in [3.05, 3.63) is 165 Å². The average Bonchev–Trinajstić information content (AvgIpc) is 3.60. The zero-order chi connectivity index (χ0) is 30.2. The van der Waals surface area contributed by atoms with Gasteiger partial charge in [-0.1, -0.05) is 109 Å². The normalized spacial score (nSPS) is 20.0. The first-order valence-electron chi connectivity index (χ1n) is 17.3. The Labute approximate surface area is 272 Å². The van der Waals surface area contributed by atoms with E-state index in [1.165, 1.54) is 111 Å². The average molecular weight is 592 g/mol. The second-order valence-corrected chi connectivity index (χ2v) is 13.7. The Balaban J connectivity index is 1.16. The second-order valence-electron chi connectivity index (χ2n) is 13.7. The minimum atomic E-state index is -0.329. The Morgan fingerprint density at radius 1 is 0.609 bits per heavy atom. The number of benzene rings is 5. The number of fused-ring (bicyclic) bond motifs is 12. The monoisotopic (exact) mass is 591 g/mol. The van der Waals surface area contributed by atoms with Gasteiger partial charge in [-0.15, -0.1) is 0 Å². The predicted molar refractivity (Wildman–Crippen MR) is 193 cm³/mol. The molecule has 0 fully saturated rings. The van der Waals surface area contributed by atoms with Gasteiger partial charge >= 0.3 is 0 Å². The van der Waals surface area contributed by atoms with Crippen LogP contribution in [0.5, 0.6) is 0 Å². The largest absolute Gasteiger partial charge is 0.355 e. The smallest absolute Gasteiger partial charge is 0.0729 e. The molecule has 5 aromatic carbocycles. The summed E-state index contributed by atoms with van der Waals surface area (Å²) >= 11 is 0. The van der Waals surface area contributed by atoms with Crippen molar-refractivity contribution in [1.82, 2.24) is 0 Å². The Hall–Kier alpha value is -4.88. The lowest BCUT2D eigenvalue weighted by atomic mass is 9.68. The topological polar surface area (TPSA) is 12.0 Å². The van der Waals surface area contributed by atoms with Crippen molar-refractivity contribution in [3.8, 4) is 22.3 Å². The summed E-state index contributed by atoms with van der Waals surface area (Å²) in [6.45, 7) is 0. The zero-order valence-corrected chi connectivity index (χ0v) is 26.2. The van der Waals surface area contributed by atoms with Gasteiger partial charge in [-0.25, -0.2) is 0 Å². The molecule has 0 saturated heterocycles. The third-order valence-electron chi connectivity index (χ3n) is 11.4. The molecule has 0 heterocycles. The molecular formula is C45H37N. The first kappa shape index (κ1) is 26.3. The Bertz CT molecular complexity index is 2190. The zero-order valence-electron chi connectivity index (χ0n) is 26.2. The van der Waals surface area contributed by atoms with Crippen molar-refractivity contribution in [2.24, 2.45) is 0 Å². The summed E-state index contributed by atoms with van der Waals surface area (Å²) in [6, 6.07) is 39.3. The van der Waals surface area contributed by atoms with E-state index in [1.807, 2.05) is 0 Å². The van der Waals surface area contributed by atoms with Crippen LogP contribution in [0, 0.1) is 0 Å². The van der Waals surface area contributed by atoms with Gasteiger partial charge in [0.15, 0.2) is 0 Å². The highest BCUT2D eigenvalue weighted by molar-refractivity contribution is 6.00. The number of hydrogen-bond acceptors (Lipinski definition) is 1. The van der Waals surface area contributed by atoms with Gasteiger partial charge in [0.1, 0.15) is 0 Å². The molecule has 1 unspecified atom stereocenters. The predicted octanol–water partition coefficient (Wildman–Crippen LogP) is 11.8. The molecule has 0 bridgehead atoms. The van der Waals surface area contributed by atoms with Gasteiger partial charge in [0.2, 0.25) is 0 Å². The maximum absolute atomic E-state index is 3.96. The van der Waals surface area contributed by atoms with Crippen LogP contribution >= 0.6 is 0 Å². The van der Waals surface area contributed by atoms with Crippen LogP contribution in [0.15, 0.2) is 126 Å². The summed E-state index contributed by atoms with van der Waals surface area (Å²) < 4.78 is 0. The van der Waals surface area contributed by atoms with Crippen molar-refractivity contribution in [3.63, 3.8) is 0 Å². The lowest BCUT2D eigenvalue weighted by Crippen LogP contribution is -2.28. The van der Waals surface area contributed by atoms with Crippen LogP contribution in [0.1, 0.15) is 83.9 Å². The SMILES string of the molecule is C1=Cc2ccc3c(c2CC1)C1(c2ccccc2-3)c2ccccc2-c2c(Nc3cccc(C4=CCCC5=C4CCCC5)c3)cccc21. The standard InChI is InChI=1S/C45H37N/c1-3-17-33-29(12-1)14-10-21-34(33)31-15-9-16-32(28-31)46-42-25-11-24-41-43(42)38-20-6-8-23-40(38)45(41)39-22-7-5-19-36(39)37-27-26-30-13-2-4-18-35(30)44(37)45/h2,5-9,11,13,15-16,19-28,46H,1,3-4,10,12,14,17-18H2. The van der Waals surface area contributed by atoms with E-state index in [2.05, 4.69) is 127 Å². The molecule has 46 heavy (non-hydrogen) atoms. The maximum Gasteiger partial charge on any atom is 0.0729 e. The van der Waals surface area contributed by atoms with E-state index in [9.17, 15) is 0 Å². The van der Waals surface area contributed by atoms with Crippen LogP contribution < -0.4 is 5.32 Å². The summed E-state index contributed by atoms with van der Waals surface area (Å²) in [5.74, 6) is 0. The first-order valence-corrected chi connectivity index (χ1v) is 17.3. The van der Waals surface area contributed by atoms with E-state index in [0.29, 0.717) is 0 Å². The molecule has 1 nitrogen and oxygen atoms in total. The molecule has 5 aromatic rings. The summed E-state index contributed by atoms with van der Waals surface area (Å²) in [6.07, 6.45) is 17.0. The van der Waals surface area contributed by atoms with E-state index < -0.39 is 0 Å². The fourth-order valence-electron chi connectivity index (χ4n) is 9.65. The van der Waals surface area contributed by atoms with Gasteiger partial charge in [0, 0.05) is 16.9 Å². The summed E-state index contributed by atoms with van der Waals surface area (Å²) in [5, 5.41) is 3.96. The van der Waals surface area contributed by atoms with Crippen LogP contribution in [0.4, 0.5) is 11.4 Å². The van der Waals surface area contributed by atoms with Crippen LogP contribution in [0.2, 0.25) is 0 Å². The second kappa shape index (κ2) is 10.1. The molecule has 0 saturated carbocycles. The molecule has 0 aromatic heterocycles. The van der Waals surface area contributed by atoms with Gasteiger partial charge in [0.25, 0.3) is 0 Å². The first-order chi connectivity index (χ1) is 22.8. The summed E-state index contributed by atoms with van der Waals surface area (Å²) in [4.78, 5) is 0. The molecule has 5 aliphatic carbocycles. The highest BCUT2D eigenvalue weighted by Gasteiger charge is 2.53. The van der Waals surface area contributed by atoms with Crippen molar-refractivity contribution >= 4 is 23.0 Å². The van der Waals surface area contributed by atoms with Crippen LogP contribution in [-0.4, -0.2) is 0 Å². The minimum absolute atomic E-state index is 0.329. The van der Waals surface area contributed by atoms with E-state index in [4.69, 9.17) is 0 Å². The van der Waals surface area contributed by atoms with Gasteiger partial charge in [-0.3, -0.25) is 0 Å². The fourth-order valence-corrected chi connectivity index (χ4v) is 9.65. The van der Waals surface area contributed by atoms with Gasteiger partial charge < -0.3 is 5.32 Å². The van der Waals surface area contributed by atoms with Crippen molar-refractivity contribution in [2.75, 3.05) is 5.32 Å². The summed E-state index contributed by atoms with van der Waals surface area (Å²) in [7, 11) is 0. The van der Waals surface area contributed by atoms with Crippen molar-refractivity contribution in [1.29, 1.82) is 0 Å². The molecule has 222 valence electrons. The van der Waals surface area contributed by atoms with E-state index in [-0.39, 0.29) is 5.41 Å². The molecule has 1 spiro atoms. The highest BCUT2D eigenvalue weighted by Crippen LogP contribution is 2.65. The molecule has 1 atom stereocenters. The van der Waals surface area contributed by atoms with E-state index >= 15 is 0 Å². The Morgan fingerprint density at radius 2 is 1.41 bits per heavy atom. The number of nitrogens with one attached hydrogen (secondary N) is 1. The van der Waals surface area contributed by atoms with Crippen LogP contribution in [-0.2, 0) is 11.8 Å². The van der Waals surface area contributed by atoms with E-state index in [0.717, 1.165) is 18.5 Å². The number of rotatable bonds is 3. The number of hydrogen-bond donors (Lipinski definition) is 1. The van der Waals surface area contributed by atoms with Crippen LogP contribution in [0.25, 0.3) is 33.9 Å². The van der Waals surface area contributed by atoms with Gasteiger partial charge in [-0.05, 0) is 136 Å². The molecule has 5 aliphatic rings. The third-order valence-corrected chi connectivity index (χ3v) is 11.4. The maximum atomic E-state index is 3.96. The summed E-state index contributed by atoms with van der Waals surface area (Å²) in [5.41, 5.74) is 22.2. The lowest BCUT2D eigenvalue weighted by Gasteiger charge is -2.33. The Morgan fingerprint density at radius 3 is 2.35 bits per heavy atom. The quantitative estimate of drug-likeness (QED) is 0.215. The number of allylic oxidation sites excluding steroid dienone is 5. The molecule has 0 aliphatic heterocycles. The highest BCUT2D eigenvalue weighted by atomic mass is 14.9. The number of anilines is 2. The van der Waals surface area contributed by atoms with Crippen LogP contribution in [0.3, 0.4) is 0 Å². The van der Waals surface area contributed by atoms with E-state index in [1.54, 1.807) is 11.1 Å². The van der Waals surface area contributed by atoms with Crippen molar-refractivity contribution in [2.45, 2.75) is 56.8 Å². The Kier molecular flexibility index (Phi) is 5.76. The molecule has 1 N–H and O–H groups in total. The molecule has 0 radical (unpaired) electrons. The minimum Gasteiger partial charge on any atom is -0.355 e. The fraction of sp³-hybridized carbons (Fsp3) is 0.200. The molecular weight excluding hydrogens is 555 g/mol. The lowest BCUT2D eigenvalue weighted by molar-refractivity contribution is 0.654.